The van der Waals surface area contributed by atoms with E-state index in [1.54, 1.807) is 0 Å². The monoisotopic (exact) mass is 169 g/mol. The van der Waals surface area contributed by atoms with Crippen LogP contribution in [0.25, 0.3) is 0 Å². The van der Waals surface area contributed by atoms with Crippen LogP contribution in [0.5, 0.6) is 17.2 Å². The number of phenols is 3. The highest BCUT2D eigenvalue weighted by molar-refractivity contribution is 5.78. The lowest BCUT2D eigenvalue weighted by Crippen LogP contribution is -1.93. The fourth-order valence-corrected chi connectivity index (χ4v) is 0.749. The number of hydrogen-bond acceptors (Lipinski definition) is 4. The Balaban J connectivity index is 3.16. The number of amides is 1. The lowest BCUT2D eigenvalue weighted by Gasteiger charge is -2.04. The molecule has 0 fully saturated rings. The third-order valence-corrected chi connectivity index (χ3v) is 1.34. The van der Waals surface area contributed by atoms with Crippen molar-refractivity contribution >= 4 is 12.1 Å². The van der Waals surface area contributed by atoms with E-state index in [1.165, 1.54) is 6.07 Å². The minimum absolute atomic E-state index is 0.0419. The second-order valence-electron chi connectivity index (χ2n) is 2.09. The number of nitrogens with one attached hydrogen (secondary N) is 1. The van der Waals surface area contributed by atoms with Gasteiger partial charge in [-0.2, -0.15) is 0 Å². The zero-order valence-electron chi connectivity index (χ0n) is 5.98. The molecule has 0 radical (unpaired) electrons. The number of rotatable bonds is 2. The predicted octanol–water partition coefficient (Wildman–Crippen LogP) is 0.372. The molecule has 4 N–H and O–H groups in total. The van der Waals surface area contributed by atoms with Gasteiger partial charge in [-0.3, -0.25) is 4.79 Å². The molecule has 0 saturated carbocycles. The minimum Gasteiger partial charge on any atom is -0.504 e. The lowest BCUT2D eigenvalue weighted by atomic mass is 10.2. The van der Waals surface area contributed by atoms with Crippen molar-refractivity contribution in [3.8, 4) is 17.2 Å². The summed E-state index contributed by atoms with van der Waals surface area (Å²) in [5.74, 6) is -1.65. The van der Waals surface area contributed by atoms with Crippen molar-refractivity contribution in [2.75, 3.05) is 5.32 Å². The summed E-state index contributed by atoms with van der Waals surface area (Å²) < 4.78 is 0. The third-order valence-electron chi connectivity index (χ3n) is 1.34. The normalized spacial score (nSPS) is 9.33. The van der Waals surface area contributed by atoms with Gasteiger partial charge in [-0.05, 0) is 12.1 Å². The molecule has 0 aliphatic rings. The van der Waals surface area contributed by atoms with Gasteiger partial charge < -0.3 is 20.6 Å². The summed E-state index contributed by atoms with van der Waals surface area (Å²) in [4.78, 5) is 9.96. The van der Waals surface area contributed by atoms with E-state index in [2.05, 4.69) is 5.32 Å². The fraction of sp³-hybridized carbons (Fsp3) is 0. The summed E-state index contributed by atoms with van der Waals surface area (Å²) in [6, 6.07) is 2.42. The highest BCUT2D eigenvalue weighted by atomic mass is 16.3. The van der Waals surface area contributed by atoms with E-state index in [1.807, 2.05) is 0 Å². The number of aromatic hydroxyl groups is 3. The number of carbonyl (C=O) groups excluding carboxylic acids is 1. The van der Waals surface area contributed by atoms with Crippen molar-refractivity contribution < 1.29 is 20.1 Å². The van der Waals surface area contributed by atoms with Gasteiger partial charge >= 0.3 is 0 Å². The standard InChI is InChI=1S/C7H7NO4/c9-3-8-4-1-2-5(10)7(12)6(4)11/h1-3,10-12H,(H,8,9). The largest absolute Gasteiger partial charge is 0.504 e. The van der Waals surface area contributed by atoms with E-state index in [0.717, 1.165) is 6.07 Å². The first kappa shape index (κ1) is 8.19. The number of hydrogen-bond donors (Lipinski definition) is 4. The second-order valence-corrected chi connectivity index (χ2v) is 2.09. The summed E-state index contributed by atoms with van der Waals surface area (Å²) in [6.45, 7) is 0. The molecule has 5 nitrogen and oxygen atoms in total. The highest BCUT2D eigenvalue weighted by Gasteiger charge is 2.09. The van der Waals surface area contributed by atoms with Gasteiger partial charge in [-0.15, -0.1) is 0 Å². The summed E-state index contributed by atoms with van der Waals surface area (Å²) in [6.07, 6.45) is 0.353. The summed E-state index contributed by atoms with van der Waals surface area (Å²) in [5.41, 5.74) is 0.0419. The minimum atomic E-state index is -0.651. The lowest BCUT2D eigenvalue weighted by molar-refractivity contribution is -0.105. The number of anilines is 1. The predicted molar refractivity (Wildman–Crippen MR) is 41.1 cm³/mol. The van der Waals surface area contributed by atoms with Crippen LogP contribution in [0.3, 0.4) is 0 Å². The van der Waals surface area contributed by atoms with Crippen LogP contribution in [0.2, 0.25) is 0 Å². The number of carbonyl (C=O) groups is 1. The Morgan fingerprint density at radius 1 is 1.17 bits per heavy atom. The molecule has 5 heteroatoms. The van der Waals surface area contributed by atoms with Crippen molar-refractivity contribution in [3.63, 3.8) is 0 Å². The molecular formula is C7H7NO4. The van der Waals surface area contributed by atoms with Crippen LogP contribution in [0.4, 0.5) is 5.69 Å². The van der Waals surface area contributed by atoms with Crippen LogP contribution in [0.15, 0.2) is 12.1 Å². The molecule has 0 saturated heterocycles. The van der Waals surface area contributed by atoms with Crippen molar-refractivity contribution in [1.29, 1.82) is 0 Å². The Bertz CT molecular complexity index is 311. The Kier molecular flexibility index (Phi) is 2.05. The fourth-order valence-electron chi connectivity index (χ4n) is 0.749. The van der Waals surface area contributed by atoms with E-state index in [-0.39, 0.29) is 5.69 Å². The molecule has 0 aromatic heterocycles. The molecular weight excluding hydrogens is 162 g/mol. The van der Waals surface area contributed by atoms with Crippen molar-refractivity contribution in [2.24, 2.45) is 0 Å². The van der Waals surface area contributed by atoms with E-state index < -0.39 is 17.2 Å². The topological polar surface area (TPSA) is 89.8 Å². The smallest absolute Gasteiger partial charge is 0.211 e. The molecule has 1 amide bonds. The second kappa shape index (κ2) is 3.00. The highest BCUT2D eigenvalue weighted by Crippen LogP contribution is 2.39. The maximum Gasteiger partial charge on any atom is 0.211 e. The van der Waals surface area contributed by atoms with Gasteiger partial charge in [-0.25, -0.2) is 0 Å². The molecule has 1 aromatic rings. The van der Waals surface area contributed by atoms with Gasteiger partial charge in [0.15, 0.2) is 11.5 Å². The molecule has 0 aliphatic carbocycles. The molecule has 0 aliphatic heterocycles. The van der Waals surface area contributed by atoms with Crippen molar-refractivity contribution in [2.45, 2.75) is 0 Å². The van der Waals surface area contributed by atoms with Gasteiger partial charge in [0.1, 0.15) is 0 Å². The maximum atomic E-state index is 9.96. The molecule has 0 atom stereocenters. The third kappa shape index (κ3) is 1.24. The summed E-state index contributed by atoms with van der Waals surface area (Å²) in [5, 5.41) is 29.0. The molecule has 0 unspecified atom stereocenters. The van der Waals surface area contributed by atoms with E-state index >= 15 is 0 Å². The summed E-state index contributed by atoms with van der Waals surface area (Å²) >= 11 is 0. The molecule has 0 bridgehead atoms. The zero-order chi connectivity index (χ0) is 9.14. The molecule has 64 valence electrons. The van der Waals surface area contributed by atoms with Crippen LogP contribution >= 0.6 is 0 Å². The molecule has 12 heavy (non-hydrogen) atoms. The Morgan fingerprint density at radius 2 is 1.83 bits per heavy atom. The van der Waals surface area contributed by atoms with E-state index in [0.29, 0.717) is 6.41 Å². The van der Waals surface area contributed by atoms with Crippen LogP contribution in [0, 0.1) is 0 Å². The van der Waals surface area contributed by atoms with Crippen LogP contribution < -0.4 is 5.32 Å². The number of benzene rings is 1. The Labute approximate surface area is 67.9 Å². The zero-order valence-corrected chi connectivity index (χ0v) is 5.98. The van der Waals surface area contributed by atoms with Gasteiger partial charge in [0.05, 0.1) is 5.69 Å². The first-order valence-corrected chi connectivity index (χ1v) is 3.11. The quantitative estimate of drug-likeness (QED) is 0.292. The van der Waals surface area contributed by atoms with Gasteiger partial charge in [-0.1, -0.05) is 0 Å². The van der Waals surface area contributed by atoms with Gasteiger partial charge in [0.2, 0.25) is 12.2 Å². The van der Waals surface area contributed by atoms with Crippen LogP contribution in [-0.4, -0.2) is 21.7 Å². The average Bonchev–Trinajstić information content (AvgIpc) is 2.07. The van der Waals surface area contributed by atoms with Crippen LogP contribution in [-0.2, 0) is 4.79 Å². The van der Waals surface area contributed by atoms with Crippen molar-refractivity contribution in [3.05, 3.63) is 12.1 Å². The van der Waals surface area contributed by atoms with Gasteiger partial charge in [0.25, 0.3) is 0 Å². The molecule has 1 aromatic carbocycles. The SMILES string of the molecule is O=CNc1ccc(O)c(O)c1O. The molecule has 1 rings (SSSR count). The van der Waals surface area contributed by atoms with Crippen LogP contribution in [0.1, 0.15) is 0 Å². The summed E-state index contributed by atoms with van der Waals surface area (Å²) in [7, 11) is 0. The van der Waals surface area contributed by atoms with E-state index in [4.69, 9.17) is 15.3 Å². The Hall–Kier alpha value is -1.91. The molecule has 0 spiro atoms. The van der Waals surface area contributed by atoms with E-state index in [9.17, 15) is 4.79 Å². The van der Waals surface area contributed by atoms with Gasteiger partial charge in [0, 0.05) is 0 Å². The first-order chi connectivity index (χ1) is 5.66. The van der Waals surface area contributed by atoms with Crippen molar-refractivity contribution in [1.82, 2.24) is 0 Å². The maximum absolute atomic E-state index is 9.96. The number of phenolic OH excluding ortho intramolecular Hbond substituents is 3. The first-order valence-electron chi connectivity index (χ1n) is 3.11. The molecule has 0 heterocycles. The average molecular weight is 169 g/mol. The Morgan fingerprint density at radius 3 is 2.42 bits per heavy atom.